The lowest BCUT2D eigenvalue weighted by atomic mass is 10.0. The van der Waals surface area contributed by atoms with Crippen molar-refractivity contribution in [1.82, 2.24) is 4.31 Å². The predicted octanol–water partition coefficient (Wildman–Crippen LogP) is 1.93. The largest absolute Gasteiger partial charge is 0.378 e. The second-order valence-corrected chi connectivity index (χ2v) is 9.12. The second kappa shape index (κ2) is 10.0. The highest BCUT2D eigenvalue weighted by molar-refractivity contribution is 7.89. The zero-order valence-corrected chi connectivity index (χ0v) is 17.9. The summed E-state index contributed by atoms with van der Waals surface area (Å²) in [6.45, 7) is 4.28. The molecule has 1 fully saturated rings. The highest BCUT2D eigenvalue weighted by atomic mass is 35.5. The van der Waals surface area contributed by atoms with Crippen LogP contribution in [0.3, 0.4) is 0 Å². The number of amides is 1. The SMILES string of the molecule is CC(=O)N1CCCc2ccc(S(=O)(=O)N3CCC(OCCCN)CC3)cc21.Cl. The number of piperidine rings is 1. The van der Waals surface area contributed by atoms with Crippen LogP contribution in [0.25, 0.3) is 0 Å². The average Bonchev–Trinajstić information content (AvgIpc) is 2.67. The summed E-state index contributed by atoms with van der Waals surface area (Å²) in [4.78, 5) is 13.8. The predicted molar refractivity (Wildman–Crippen MR) is 111 cm³/mol. The van der Waals surface area contributed by atoms with E-state index in [0.29, 0.717) is 45.6 Å². The number of hydrogen-bond acceptors (Lipinski definition) is 5. The lowest BCUT2D eigenvalue weighted by Crippen LogP contribution is -2.41. The standard InChI is InChI=1S/C19H29N3O4S.ClH/c1-15(23)22-10-2-4-16-5-6-18(14-19(16)22)27(24,25)21-11-7-17(8-12-21)26-13-3-9-20;/h5-6,14,17H,2-4,7-13,20H2,1H3;1H. The summed E-state index contributed by atoms with van der Waals surface area (Å²) in [5.74, 6) is -0.0547. The number of nitrogens with two attached hydrogens (primary N) is 1. The van der Waals surface area contributed by atoms with E-state index in [9.17, 15) is 13.2 Å². The van der Waals surface area contributed by atoms with Crippen LogP contribution in [0.5, 0.6) is 0 Å². The van der Waals surface area contributed by atoms with Crippen molar-refractivity contribution in [1.29, 1.82) is 0 Å². The van der Waals surface area contributed by atoms with Crippen molar-refractivity contribution in [3.8, 4) is 0 Å². The Bertz CT molecular complexity index is 779. The Labute approximate surface area is 173 Å². The summed E-state index contributed by atoms with van der Waals surface area (Å²) in [6, 6.07) is 5.18. The van der Waals surface area contributed by atoms with E-state index in [2.05, 4.69) is 0 Å². The zero-order valence-electron chi connectivity index (χ0n) is 16.3. The fourth-order valence-corrected chi connectivity index (χ4v) is 5.25. The molecular formula is C19H30ClN3O4S. The van der Waals surface area contributed by atoms with Crippen molar-refractivity contribution in [2.75, 3.05) is 37.7 Å². The number of benzene rings is 1. The summed E-state index contributed by atoms with van der Waals surface area (Å²) in [6.07, 6.45) is 4.06. The van der Waals surface area contributed by atoms with E-state index in [4.69, 9.17) is 10.5 Å². The molecule has 2 aliphatic rings. The molecule has 0 aromatic heterocycles. The fourth-order valence-electron chi connectivity index (χ4n) is 3.76. The minimum Gasteiger partial charge on any atom is -0.378 e. The molecule has 0 unspecified atom stereocenters. The zero-order chi connectivity index (χ0) is 19.4. The molecule has 2 aliphatic heterocycles. The summed E-state index contributed by atoms with van der Waals surface area (Å²) in [5, 5.41) is 0. The molecule has 3 rings (SSSR count). The van der Waals surface area contributed by atoms with Crippen LogP contribution in [-0.4, -0.2) is 57.5 Å². The van der Waals surface area contributed by atoms with Crippen molar-refractivity contribution in [3.05, 3.63) is 23.8 Å². The third-order valence-electron chi connectivity index (χ3n) is 5.30. The molecule has 9 heteroatoms. The van der Waals surface area contributed by atoms with Gasteiger partial charge in [0.25, 0.3) is 0 Å². The van der Waals surface area contributed by atoms with Gasteiger partial charge in [-0.25, -0.2) is 8.42 Å². The number of rotatable bonds is 6. The number of ether oxygens (including phenoxy) is 1. The van der Waals surface area contributed by atoms with E-state index in [0.717, 1.165) is 30.5 Å². The highest BCUT2D eigenvalue weighted by Crippen LogP contribution is 2.31. The number of anilines is 1. The van der Waals surface area contributed by atoms with Crippen molar-refractivity contribution in [2.45, 2.75) is 50.0 Å². The van der Waals surface area contributed by atoms with Gasteiger partial charge >= 0.3 is 0 Å². The lowest BCUT2D eigenvalue weighted by Gasteiger charge is -2.32. The average molecular weight is 432 g/mol. The second-order valence-electron chi connectivity index (χ2n) is 7.18. The van der Waals surface area contributed by atoms with Crippen molar-refractivity contribution < 1.29 is 17.9 Å². The monoisotopic (exact) mass is 431 g/mol. The van der Waals surface area contributed by atoms with Gasteiger partial charge in [0.15, 0.2) is 0 Å². The van der Waals surface area contributed by atoms with E-state index in [1.807, 2.05) is 6.07 Å². The van der Waals surface area contributed by atoms with E-state index in [-0.39, 0.29) is 29.3 Å². The summed E-state index contributed by atoms with van der Waals surface area (Å²) in [7, 11) is -3.57. The minimum atomic E-state index is -3.57. The van der Waals surface area contributed by atoms with Crippen LogP contribution in [0.15, 0.2) is 23.1 Å². The number of carbonyl (C=O) groups excluding carboxylic acids is 1. The van der Waals surface area contributed by atoms with E-state index in [1.165, 1.54) is 11.2 Å². The number of fused-ring (bicyclic) bond motifs is 1. The molecular weight excluding hydrogens is 402 g/mol. The maximum atomic E-state index is 13.1. The van der Waals surface area contributed by atoms with Crippen molar-refractivity contribution in [2.24, 2.45) is 5.73 Å². The topological polar surface area (TPSA) is 92.9 Å². The number of aryl methyl sites for hydroxylation is 1. The summed E-state index contributed by atoms with van der Waals surface area (Å²) >= 11 is 0. The molecule has 158 valence electrons. The van der Waals surface area contributed by atoms with Gasteiger partial charge in [0.1, 0.15) is 0 Å². The van der Waals surface area contributed by atoms with Gasteiger partial charge in [-0.1, -0.05) is 6.07 Å². The number of halogens is 1. The van der Waals surface area contributed by atoms with Crippen molar-refractivity contribution in [3.63, 3.8) is 0 Å². The first-order valence-electron chi connectivity index (χ1n) is 9.66. The summed E-state index contributed by atoms with van der Waals surface area (Å²) < 4.78 is 33.4. The lowest BCUT2D eigenvalue weighted by molar-refractivity contribution is -0.116. The molecule has 1 aromatic carbocycles. The molecule has 2 heterocycles. The van der Waals surface area contributed by atoms with Gasteiger partial charge < -0.3 is 15.4 Å². The van der Waals surface area contributed by atoms with Gasteiger partial charge in [0.05, 0.1) is 11.0 Å². The van der Waals surface area contributed by atoms with E-state index in [1.54, 1.807) is 17.0 Å². The Morgan fingerprint density at radius 3 is 2.61 bits per heavy atom. The van der Waals surface area contributed by atoms with Gasteiger partial charge in [-0.2, -0.15) is 4.31 Å². The normalized spacial score (nSPS) is 18.4. The van der Waals surface area contributed by atoms with Gasteiger partial charge in [-0.15, -0.1) is 12.4 Å². The molecule has 0 radical (unpaired) electrons. The first kappa shape index (κ1) is 23.1. The number of sulfonamides is 1. The maximum absolute atomic E-state index is 13.1. The van der Waals surface area contributed by atoms with Gasteiger partial charge in [0, 0.05) is 38.9 Å². The van der Waals surface area contributed by atoms with Crippen LogP contribution in [-0.2, 0) is 26.0 Å². The Balaban J connectivity index is 0.00000280. The van der Waals surface area contributed by atoms with Crippen LogP contribution < -0.4 is 10.6 Å². The Morgan fingerprint density at radius 1 is 1.25 bits per heavy atom. The molecule has 1 aromatic rings. The third kappa shape index (κ3) is 5.04. The smallest absolute Gasteiger partial charge is 0.243 e. The van der Waals surface area contributed by atoms with E-state index >= 15 is 0 Å². The molecule has 0 aliphatic carbocycles. The fraction of sp³-hybridized carbons (Fsp3) is 0.632. The molecule has 1 saturated heterocycles. The Kier molecular flexibility index (Phi) is 8.27. The summed E-state index contributed by atoms with van der Waals surface area (Å²) in [5.41, 5.74) is 7.23. The van der Waals surface area contributed by atoms with Crippen LogP contribution in [0.4, 0.5) is 5.69 Å². The third-order valence-corrected chi connectivity index (χ3v) is 7.19. The van der Waals surface area contributed by atoms with Crippen molar-refractivity contribution >= 4 is 34.0 Å². The Morgan fingerprint density at radius 2 is 1.96 bits per heavy atom. The maximum Gasteiger partial charge on any atom is 0.243 e. The van der Waals surface area contributed by atoms with Gasteiger partial charge in [0.2, 0.25) is 15.9 Å². The minimum absolute atomic E-state index is 0. The van der Waals surface area contributed by atoms with Crippen LogP contribution in [0.2, 0.25) is 0 Å². The molecule has 28 heavy (non-hydrogen) atoms. The molecule has 0 saturated carbocycles. The van der Waals surface area contributed by atoms with Gasteiger partial charge in [-0.05, 0) is 56.3 Å². The quantitative estimate of drug-likeness (QED) is 0.694. The van der Waals surface area contributed by atoms with E-state index < -0.39 is 10.0 Å². The molecule has 0 bridgehead atoms. The number of nitrogens with zero attached hydrogens (tertiary/aromatic N) is 2. The first-order chi connectivity index (χ1) is 12.9. The molecule has 0 spiro atoms. The van der Waals surface area contributed by atoms with Crippen LogP contribution >= 0.6 is 12.4 Å². The molecule has 2 N–H and O–H groups in total. The molecule has 7 nitrogen and oxygen atoms in total. The molecule has 1 amide bonds. The van der Waals surface area contributed by atoms with Crippen LogP contribution in [0.1, 0.15) is 38.2 Å². The number of hydrogen-bond donors (Lipinski definition) is 1. The first-order valence-corrected chi connectivity index (χ1v) is 11.1. The van der Waals surface area contributed by atoms with Gasteiger partial charge in [-0.3, -0.25) is 4.79 Å². The Hall–Kier alpha value is -1.19. The highest BCUT2D eigenvalue weighted by Gasteiger charge is 2.31. The van der Waals surface area contributed by atoms with Crippen LogP contribution in [0, 0.1) is 0 Å². The molecule has 0 atom stereocenters. The number of carbonyl (C=O) groups is 1.